The van der Waals surface area contributed by atoms with E-state index in [2.05, 4.69) is 29.2 Å². The van der Waals surface area contributed by atoms with Crippen LogP contribution in [-0.4, -0.2) is 18.5 Å². The van der Waals surface area contributed by atoms with Crippen molar-refractivity contribution in [2.75, 3.05) is 7.05 Å². The zero-order valence-corrected chi connectivity index (χ0v) is 12.6. The van der Waals surface area contributed by atoms with Crippen molar-refractivity contribution < 1.29 is 0 Å². The second-order valence-electron chi connectivity index (χ2n) is 4.61. The molecule has 0 spiro atoms. The minimum atomic E-state index is 0.394. The Labute approximate surface area is 126 Å². The van der Waals surface area contributed by atoms with E-state index in [0.717, 1.165) is 16.9 Å². The van der Waals surface area contributed by atoms with Crippen LogP contribution in [0.15, 0.2) is 70.0 Å². The van der Waals surface area contributed by atoms with Crippen LogP contribution in [0.2, 0.25) is 0 Å². The van der Waals surface area contributed by atoms with Crippen LogP contribution < -0.4 is 5.73 Å². The number of nitriles is 1. The second kappa shape index (κ2) is 7.81. The molecule has 0 saturated heterocycles. The van der Waals surface area contributed by atoms with Crippen molar-refractivity contribution in [3.63, 3.8) is 0 Å². The largest absolute Gasteiger partial charge is 0.402 e. The Morgan fingerprint density at radius 3 is 2.86 bits per heavy atom. The number of nitrogens with zero attached hydrogens (tertiary/aromatic N) is 3. The smallest absolute Gasteiger partial charge is 0.137 e. The lowest BCUT2D eigenvalue weighted by Gasteiger charge is -2.16. The Morgan fingerprint density at radius 2 is 2.33 bits per heavy atom. The molecule has 4 heteroatoms. The van der Waals surface area contributed by atoms with Crippen LogP contribution in [0.5, 0.6) is 0 Å². The maximum Gasteiger partial charge on any atom is 0.137 e. The molecule has 21 heavy (non-hydrogen) atoms. The molecule has 0 radical (unpaired) electrons. The molecule has 0 fully saturated rings. The van der Waals surface area contributed by atoms with E-state index >= 15 is 0 Å². The van der Waals surface area contributed by atoms with E-state index in [1.807, 2.05) is 6.08 Å². The fraction of sp³-hybridized carbons (Fsp3) is 0.235. The third-order valence-corrected chi connectivity index (χ3v) is 2.85. The lowest BCUT2D eigenvalue weighted by Crippen LogP contribution is -2.17. The van der Waals surface area contributed by atoms with Gasteiger partial charge in [-0.25, -0.2) is 4.99 Å². The van der Waals surface area contributed by atoms with Gasteiger partial charge < -0.3 is 5.73 Å². The van der Waals surface area contributed by atoms with Crippen molar-refractivity contribution in [3.8, 4) is 6.07 Å². The van der Waals surface area contributed by atoms with Crippen molar-refractivity contribution in [1.29, 1.82) is 5.26 Å². The molecule has 0 aromatic rings. The molecule has 1 heterocycles. The predicted molar refractivity (Wildman–Crippen MR) is 89.1 cm³/mol. The molecule has 2 N–H and O–H groups in total. The van der Waals surface area contributed by atoms with E-state index in [1.54, 1.807) is 32.2 Å². The van der Waals surface area contributed by atoms with Gasteiger partial charge in [0.15, 0.2) is 0 Å². The summed E-state index contributed by atoms with van der Waals surface area (Å²) in [5.74, 6) is 0. The Bertz CT molecular complexity index is 630. The molecule has 0 unspecified atom stereocenters. The van der Waals surface area contributed by atoms with E-state index in [4.69, 9.17) is 11.0 Å². The van der Waals surface area contributed by atoms with Gasteiger partial charge in [-0.1, -0.05) is 18.7 Å². The summed E-state index contributed by atoms with van der Waals surface area (Å²) in [7, 11) is 1.70. The van der Waals surface area contributed by atoms with Crippen molar-refractivity contribution in [2.45, 2.75) is 19.8 Å². The Morgan fingerprint density at radius 1 is 1.62 bits per heavy atom. The van der Waals surface area contributed by atoms with Crippen LogP contribution in [0.1, 0.15) is 19.8 Å². The number of nitrogens with two attached hydrogens (primary N) is 1. The Kier molecular flexibility index (Phi) is 6.09. The van der Waals surface area contributed by atoms with E-state index in [0.29, 0.717) is 29.9 Å². The third-order valence-electron chi connectivity index (χ3n) is 2.85. The zero-order chi connectivity index (χ0) is 15.8. The van der Waals surface area contributed by atoms with Gasteiger partial charge in [0.05, 0.1) is 11.4 Å². The molecule has 1 aliphatic heterocycles. The summed E-state index contributed by atoms with van der Waals surface area (Å²) in [5.41, 5.74) is 9.89. The second-order valence-corrected chi connectivity index (χ2v) is 4.61. The molecule has 0 aliphatic carbocycles. The van der Waals surface area contributed by atoms with Crippen LogP contribution in [0, 0.1) is 11.3 Å². The first kappa shape index (κ1) is 16.4. The highest BCUT2D eigenvalue weighted by atomic mass is 14.8. The van der Waals surface area contributed by atoms with Gasteiger partial charge in [0.25, 0.3) is 0 Å². The SMILES string of the molecule is C=CC/C=C(/C(C=C(C)N)=NC)C1=NC(C#N)=CCC1=C. The highest BCUT2D eigenvalue weighted by molar-refractivity contribution is 6.33. The monoisotopic (exact) mass is 280 g/mol. The number of hydrogen-bond donors (Lipinski definition) is 1. The van der Waals surface area contributed by atoms with Gasteiger partial charge in [0, 0.05) is 18.3 Å². The fourth-order valence-electron chi connectivity index (χ4n) is 1.89. The first-order chi connectivity index (χ1) is 10.0. The zero-order valence-electron chi connectivity index (χ0n) is 12.6. The summed E-state index contributed by atoms with van der Waals surface area (Å²) < 4.78 is 0. The minimum Gasteiger partial charge on any atom is -0.402 e. The summed E-state index contributed by atoms with van der Waals surface area (Å²) in [5, 5.41) is 9.04. The first-order valence-electron chi connectivity index (χ1n) is 6.63. The first-order valence-corrected chi connectivity index (χ1v) is 6.63. The maximum absolute atomic E-state index is 9.04. The lowest BCUT2D eigenvalue weighted by atomic mass is 9.93. The van der Waals surface area contributed by atoms with Gasteiger partial charge in [0.2, 0.25) is 0 Å². The molecule has 0 atom stereocenters. The maximum atomic E-state index is 9.04. The summed E-state index contributed by atoms with van der Waals surface area (Å²) >= 11 is 0. The van der Waals surface area contributed by atoms with E-state index in [9.17, 15) is 0 Å². The predicted octanol–water partition coefficient (Wildman–Crippen LogP) is 3.23. The van der Waals surface area contributed by atoms with Crippen molar-refractivity contribution in [2.24, 2.45) is 15.7 Å². The molecular weight excluding hydrogens is 260 g/mol. The van der Waals surface area contributed by atoms with Crippen LogP contribution in [0.4, 0.5) is 0 Å². The summed E-state index contributed by atoms with van der Waals surface area (Å²) in [4.78, 5) is 8.65. The van der Waals surface area contributed by atoms with Crippen LogP contribution in [-0.2, 0) is 0 Å². The third kappa shape index (κ3) is 4.43. The average molecular weight is 280 g/mol. The summed E-state index contributed by atoms with van der Waals surface area (Å²) in [6, 6.07) is 2.07. The number of rotatable bonds is 5. The van der Waals surface area contributed by atoms with Gasteiger partial charge in [-0.3, -0.25) is 4.99 Å². The van der Waals surface area contributed by atoms with Crippen molar-refractivity contribution in [1.82, 2.24) is 0 Å². The average Bonchev–Trinajstić information content (AvgIpc) is 2.47. The highest BCUT2D eigenvalue weighted by Gasteiger charge is 2.18. The van der Waals surface area contributed by atoms with Gasteiger partial charge in [0.1, 0.15) is 11.8 Å². The van der Waals surface area contributed by atoms with Gasteiger partial charge in [-0.05, 0) is 37.5 Å². The molecule has 1 rings (SSSR count). The molecule has 0 amide bonds. The molecule has 0 aromatic heterocycles. The quantitative estimate of drug-likeness (QED) is 0.620. The molecule has 4 nitrogen and oxygen atoms in total. The van der Waals surface area contributed by atoms with E-state index in [-0.39, 0.29) is 0 Å². The molecule has 108 valence electrons. The highest BCUT2D eigenvalue weighted by Crippen LogP contribution is 2.21. The summed E-state index contributed by atoms with van der Waals surface area (Å²) in [6.07, 6.45) is 8.59. The molecule has 0 bridgehead atoms. The van der Waals surface area contributed by atoms with Gasteiger partial charge in [-0.2, -0.15) is 5.26 Å². The molecule has 1 aliphatic rings. The van der Waals surface area contributed by atoms with E-state index < -0.39 is 0 Å². The lowest BCUT2D eigenvalue weighted by molar-refractivity contribution is 1.20. The Balaban J connectivity index is 3.39. The summed E-state index contributed by atoms with van der Waals surface area (Å²) in [6.45, 7) is 9.55. The van der Waals surface area contributed by atoms with Crippen LogP contribution in [0.25, 0.3) is 0 Å². The van der Waals surface area contributed by atoms with E-state index in [1.165, 1.54) is 0 Å². The van der Waals surface area contributed by atoms with Crippen molar-refractivity contribution in [3.05, 3.63) is 60.0 Å². The van der Waals surface area contributed by atoms with Crippen LogP contribution in [0.3, 0.4) is 0 Å². The topological polar surface area (TPSA) is 74.5 Å². The van der Waals surface area contributed by atoms with Gasteiger partial charge in [-0.15, -0.1) is 6.58 Å². The molecular formula is C17H20N4. The minimum absolute atomic E-state index is 0.394. The molecule has 0 saturated carbocycles. The Hall–Kier alpha value is -2.67. The number of aliphatic imine (C=N–C) groups is 2. The number of allylic oxidation sites excluding steroid dienone is 8. The fourth-order valence-corrected chi connectivity index (χ4v) is 1.89. The molecule has 0 aromatic carbocycles. The standard InChI is InChI=1S/C17H20N4/c1-5-6-7-15(16(20-4)10-13(3)19)17-12(2)8-9-14(11-18)21-17/h5,7,9-10H,1-2,6,8,19H2,3-4H3/b13-10?,15-7-,20-16?. The normalized spacial score (nSPS) is 17.0. The van der Waals surface area contributed by atoms with Crippen molar-refractivity contribution >= 4 is 11.4 Å². The van der Waals surface area contributed by atoms with Gasteiger partial charge >= 0.3 is 0 Å². The number of hydrogen-bond acceptors (Lipinski definition) is 4. The van der Waals surface area contributed by atoms with Crippen LogP contribution >= 0.6 is 0 Å².